The van der Waals surface area contributed by atoms with Gasteiger partial charge in [0.15, 0.2) is 0 Å². The first-order valence-electron chi connectivity index (χ1n) is 5.24. The van der Waals surface area contributed by atoms with Crippen LogP contribution >= 0.6 is 15.9 Å². The molecular weight excluding hydrogens is 254 g/mol. The summed E-state index contributed by atoms with van der Waals surface area (Å²) in [6, 6.07) is 8.16. The molecule has 0 amide bonds. The quantitative estimate of drug-likeness (QED) is 0.851. The SMILES string of the molecule is NC(c1ccccc1Br)N1CCNCC1. The monoisotopic (exact) mass is 269 g/mol. The standard InChI is InChI=1S/C11H16BrN3/c12-10-4-2-1-3-9(10)11(13)15-7-5-14-6-8-15/h1-4,11,14H,5-8,13H2. The number of benzene rings is 1. The summed E-state index contributed by atoms with van der Waals surface area (Å²) in [5, 5.41) is 3.33. The third-order valence-electron chi connectivity index (χ3n) is 2.77. The number of piperazine rings is 1. The van der Waals surface area contributed by atoms with Gasteiger partial charge in [-0.2, -0.15) is 0 Å². The van der Waals surface area contributed by atoms with Crippen molar-refractivity contribution in [2.45, 2.75) is 6.17 Å². The van der Waals surface area contributed by atoms with Crippen molar-refractivity contribution in [2.24, 2.45) is 5.73 Å². The third kappa shape index (κ3) is 2.58. The lowest BCUT2D eigenvalue weighted by Crippen LogP contribution is -2.47. The number of rotatable bonds is 2. The van der Waals surface area contributed by atoms with Gasteiger partial charge in [-0.3, -0.25) is 4.90 Å². The Bertz CT molecular complexity index is 323. The third-order valence-corrected chi connectivity index (χ3v) is 3.49. The van der Waals surface area contributed by atoms with Crippen LogP contribution < -0.4 is 11.1 Å². The van der Waals surface area contributed by atoms with Crippen molar-refractivity contribution in [2.75, 3.05) is 26.2 Å². The first-order chi connectivity index (χ1) is 7.29. The fraction of sp³-hybridized carbons (Fsp3) is 0.455. The summed E-state index contributed by atoms with van der Waals surface area (Å²) in [6.07, 6.45) is 0.00248. The van der Waals surface area contributed by atoms with Crippen molar-refractivity contribution in [3.05, 3.63) is 34.3 Å². The van der Waals surface area contributed by atoms with Crippen molar-refractivity contribution in [3.63, 3.8) is 0 Å². The smallest absolute Gasteiger partial charge is 0.0847 e. The topological polar surface area (TPSA) is 41.3 Å². The second-order valence-electron chi connectivity index (χ2n) is 3.75. The Morgan fingerprint density at radius 3 is 2.60 bits per heavy atom. The van der Waals surface area contributed by atoms with Gasteiger partial charge in [0.2, 0.25) is 0 Å². The van der Waals surface area contributed by atoms with Gasteiger partial charge in [0.05, 0.1) is 6.17 Å². The maximum atomic E-state index is 6.24. The van der Waals surface area contributed by atoms with Crippen LogP contribution in [0.2, 0.25) is 0 Å². The Morgan fingerprint density at radius 2 is 1.93 bits per heavy atom. The van der Waals surface area contributed by atoms with Gasteiger partial charge in [-0.15, -0.1) is 0 Å². The van der Waals surface area contributed by atoms with E-state index in [-0.39, 0.29) is 6.17 Å². The zero-order valence-electron chi connectivity index (χ0n) is 8.62. The summed E-state index contributed by atoms with van der Waals surface area (Å²) >= 11 is 3.54. The highest BCUT2D eigenvalue weighted by Gasteiger charge is 2.19. The van der Waals surface area contributed by atoms with Gasteiger partial charge in [0.25, 0.3) is 0 Å². The predicted octanol–water partition coefficient (Wildman–Crippen LogP) is 1.31. The minimum atomic E-state index is 0.00248. The van der Waals surface area contributed by atoms with Gasteiger partial charge in [0, 0.05) is 30.7 Å². The molecule has 82 valence electrons. The molecule has 0 radical (unpaired) electrons. The molecule has 0 aliphatic carbocycles. The Labute approximate surface area is 98.8 Å². The minimum absolute atomic E-state index is 0.00248. The molecule has 2 rings (SSSR count). The van der Waals surface area contributed by atoms with Gasteiger partial charge >= 0.3 is 0 Å². The molecule has 0 aromatic heterocycles. The van der Waals surface area contributed by atoms with Crippen LogP contribution in [0.15, 0.2) is 28.7 Å². The molecule has 15 heavy (non-hydrogen) atoms. The zero-order chi connectivity index (χ0) is 10.7. The van der Waals surface area contributed by atoms with Crippen molar-refractivity contribution in [1.29, 1.82) is 0 Å². The van der Waals surface area contributed by atoms with Gasteiger partial charge in [0.1, 0.15) is 0 Å². The Morgan fingerprint density at radius 1 is 1.27 bits per heavy atom. The van der Waals surface area contributed by atoms with Crippen molar-refractivity contribution < 1.29 is 0 Å². The lowest BCUT2D eigenvalue weighted by molar-refractivity contribution is 0.177. The van der Waals surface area contributed by atoms with Crippen LogP contribution in [0.25, 0.3) is 0 Å². The summed E-state index contributed by atoms with van der Waals surface area (Å²) in [4.78, 5) is 2.30. The molecule has 1 fully saturated rings. The number of halogens is 1. The highest BCUT2D eigenvalue weighted by molar-refractivity contribution is 9.10. The van der Waals surface area contributed by atoms with E-state index in [1.165, 1.54) is 5.56 Å². The summed E-state index contributed by atoms with van der Waals surface area (Å²) in [5.41, 5.74) is 7.40. The summed E-state index contributed by atoms with van der Waals surface area (Å²) in [7, 11) is 0. The van der Waals surface area contributed by atoms with E-state index in [1.807, 2.05) is 18.2 Å². The number of nitrogens with two attached hydrogens (primary N) is 1. The highest BCUT2D eigenvalue weighted by atomic mass is 79.9. The number of hydrogen-bond donors (Lipinski definition) is 2. The first kappa shape index (κ1) is 11.1. The van der Waals surface area contributed by atoms with E-state index in [2.05, 4.69) is 32.2 Å². The largest absolute Gasteiger partial charge is 0.314 e. The van der Waals surface area contributed by atoms with E-state index in [0.717, 1.165) is 30.7 Å². The van der Waals surface area contributed by atoms with Crippen LogP contribution in [-0.2, 0) is 0 Å². The maximum Gasteiger partial charge on any atom is 0.0847 e. The Balaban J connectivity index is 2.12. The van der Waals surface area contributed by atoms with Crippen LogP contribution in [0.3, 0.4) is 0 Å². The average molecular weight is 270 g/mol. The fourth-order valence-corrected chi connectivity index (χ4v) is 2.39. The van der Waals surface area contributed by atoms with E-state index in [0.29, 0.717) is 0 Å². The molecule has 4 heteroatoms. The van der Waals surface area contributed by atoms with Gasteiger partial charge in [-0.05, 0) is 11.6 Å². The van der Waals surface area contributed by atoms with Crippen LogP contribution in [-0.4, -0.2) is 31.1 Å². The minimum Gasteiger partial charge on any atom is -0.314 e. The number of nitrogens with one attached hydrogen (secondary N) is 1. The molecule has 1 aliphatic rings. The lowest BCUT2D eigenvalue weighted by atomic mass is 10.1. The van der Waals surface area contributed by atoms with Crippen LogP contribution in [0.1, 0.15) is 11.7 Å². The van der Waals surface area contributed by atoms with E-state index >= 15 is 0 Å². The van der Waals surface area contributed by atoms with E-state index < -0.39 is 0 Å². The normalized spacial score (nSPS) is 20.1. The molecule has 1 heterocycles. The fourth-order valence-electron chi connectivity index (χ4n) is 1.87. The molecule has 1 aromatic carbocycles. The molecule has 1 unspecified atom stereocenters. The van der Waals surface area contributed by atoms with Crippen LogP contribution in [0.4, 0.5) is 0 Å². The van der Waals surface area contributed by atoms with E-state index in [4.69, 9.17) is 5.73 Å². The van der Waals surface area contributed by atoms with E-state index in [9.17, 15) is 0 Å². The second-order valence-corrected chi connectivity index (χ2v) is 4.61. The van der Waals surface area contributed by atoms with Crippen molar-refractivity contribution in [3.8, 4) is 0 Å². The molecule has 3 nitrogen and oxygen atoms in total. The maximum absolute atomic E-state index is 6.24. The molecule has 0 bridgehead atoms. The predicted molar refractivity (Wildman–Crippen MR) is 65.5 cm³/mol. The van der Waals surface area contributed by atoms with Gasteiger partial charge in [-0.25, -0.2) is 0 Å². The molecule has 3 N–H and O–H groups in total. The van der Waals surface area contributed by atoms with Crippen molar-refractivity contribution >= 4 is 15.9 Å². The first-order valence-corrected chi connectivity index (χ1v) is 6.03. The molecule has 0 saturated carbocycles. The zero-order valence-corrected chi connectivity index (χ0v) is 10.2. The van der Waals surface area contributed by atoms with E-state index in [1.54, 1.807) is 0 Å². The van der Waals surface area contributed by atoms with Crippen LogP contribution in [0.5, 0.6) is 0 Å². The second kappa shape index (κ2) is 5.07. The van der Waals surface area contributed by atoms with Gasteiger partial charge in [-0.1, -0.05) is 34.1 Å². The summed E-state index contributed by atoms with van der Waals surface area (Å²) in [6.45, 7) is 4.08. The highest BCUT2D eigenvalue weighted by Crippen LogP contribution is 2.24. The Hall–Kier alpha value is -0.420. The van der Waals surface area contributed by atoms with Gasteiger partial charge < -0.3 is 11.1 Å². The van der Waals surface area contributed by atoms with Crippen molar-refractivity contribution in [1.82, 2.24) is 10.2 Å². The molecular formula is C11H16BrN3. The number of nitrogens with zero attached hydrogens (tertiary/aromatic N) is 1. The number of hydrogen-bond acceptors (Lipinski definition) is 3. The van der Waals surface area contributed by atoms with Crippen LogP contribution in [0, 0.1) is 0 Å². The lowest BCUT2D eigenvalue weighted by Gasteiger charge is -2.33. The summed E-state index contributed by atoms with van der Waals surface area (Å²) < 4.78 is 1.09. The molecule has 1 aromatic rings. The molecule has 1 saturated heterocycles. The molecule has 1 aliphatic heterocycles. The molecule has 0 spiro atoms. The average Bonchev–Trinajstić information content (AvgIpc) is 2.30. The summed E-state index contributed by atoms with van der Waals surface area (Å²) in [5.74, 6) is 0. The Kier molecular flexibility index (Phi) is 3.75. The molecule has 1 atom stereocenters.